The lowest BCUT2D eigenvalue weighted by molar-refractivity contribution is 0.108. The predicted octanol–water partition coefficient (Wildman–Crippen LogP) is 4.71. The van der Waals surface area contributed by atoms with Gasteiger partial charge in [0.15, 0.2) is 5.65 Å². The molecule has 0 aliphatic heterocycles. The summed E-state index contributed by atoms with van der Waals surface area (Å²) in [4.78, 5) is 20.1. The van der Waals surface area contributed by atoms with Gasteiger partial charge in [-0.05, 0) is 43.0 Å². The summed E-state index contributed by atoms with van der Waals surface area (Å²) in [6.07, 6.45) is 5.43. The van der Waals surface area contributed by atoms with Gasteiger partial charge in [0.25, 0.3) is 0 Å². The molecule has 0 fully saturated rings. The molecule has 5 rings (SSSR count). The van der Waals surface area contributed by atoms with E-state index in [-0.39, 0.29) is 5.12 Å². The Morgan fingerprint density at radius 2 is 2.00 bits per heavy atom. The molecule has 0 spiro atoms. The van der Waals surface area contributed by atoms with E-state index < -0.39 is 0 Å². The maximum atomic E-state index is 12.7. The van der Waals surface area contributed by atoms with Gasteiger partial charge in [0.1, 0.15) is 10.7 Å². The first-order valence-corrected chi connectivity index (χ1v) is 10.8. The van der Waals surface area contributed by atoms with Crippen molar-refractivity contribution in [3.8, 4) is 0 Å². The van der Waals surface area contributed by atoms with Crippen molar-refractivity contribution < 1.29 is 4.79 Å². The molecule has 136 valence electrons. The molecule has 0 atom stereocenters. The van der Waals surface area contributed by atoms with Gasteiger partial charge in [0.05, 0.1) is 5.39 Å². The summed E-state index contributed by atoms with van der Waals surface area (Å²) in [5.41, 5.74) is 2.90. The van der Waals surface area contributed by atoms with Crippen molar-refractivity contribution in [3.05, 3.63) is 52.2 Å². The number of aromatic nitrogens is 4. The van der Waals surface area contributed by atoms with Crippen molar-refractivity contribution in [2.75, 3.05) is 0 Å². The van der Waals surface area contributed by atoms with Crippen LogP contribution in [0.5, 0.6) is 0 Å². The Bertz CT molecular complexity index is 1160. The second kappa shape index (κ2) is 6.73. The van der Waals surface area contributed by atoms with Gasteiger partial charge in [0.2, 0.25) is 10.3 Å². The largest absolute Gasteiger partial charge is 0.281 e. The van der Waals surface area contributed by atoms with Crippen LogP contribution in [0.3, 0.4) is 0 Å². The SMILES string of the molecule is CCc1nc2sc3c(c2c2nnc(SC(=O)c4ccccc4)n12)CCCC3. The van der Waals surface area contributed by atoms with Gasteiger partial charge in [0, 0.05) is 16.9 Å². The Kier molecular flexibility index (Phi) is 4.21. The standard InChI is InChI=1S/C20H18N4OS2/c1-2-15-21-18-16(13-10-6-7-11-14(13)26-18)17-22-23-20(24(15)17)27-19(25)12-8-4-3-5-9-12/h3-5,8-9H,2,6-7,10-11H2,1H3. The number of nitrogens with zero attached hydrogens (tertiary/aromatic N) is 4. The molecule has 0 saturated carbocycles. The van der Waals surface area contributed by atoms with E-state index in [2.05, 4.69) is 17.1 Å². The van der Waals surface area contributed by atoms with Crippen molar-refractivity contribution in [2.24, 2.45) is 0 Å². The minimum atomic E-state index is -0.0283. The van der Waals surface area contributed by atoms with Gasteiger partial charge in [-0.3, -0.25) is 9.20 Å². The molecule has 1 aliphatic rings. The first-order valence-electron chi connectivity index (χ1n) is 9.21. The van der Waals surface area contributed by atoms with Gasteiger partial charge in [-0.1, -0.05) is 37.3 Å². The highest BCUT2D eigenvalue weighted by Crippen LogP contribution is 2.38. The Labute approximate surface area is 164 Å². The third-order valence-electron chi connectivity index (χ3n) is 5.01. The molecule has 27 heavy (non-hydrogen) atoms. The van der Waals surface area contributed by atoms with E-state index >= 15 is 0 Å². The van der Waals surface area contributed by atoms with E-state index in [0.29, 0.717) is 10.7 Å². The van der Waals surface area contributed by atoms with Crippen LogP contribution in [0.2, 0.25) is 0 Å². The number of thioether (sulfide) groups is 1. The second-order valence-corrected chi connectivity index (χ2v) is 8.69. The molecule has 7 heteroatoms. The average molecular weight is 395 g/mol. The van der Waals surface area contributed by atoms with Crippen LogP contribution >= 0.6 is 23.1 Å². The number of benzene rings is 1. The van der Waals surface area contributed by atoms with E-state index in [4.69, 9.17) is 4.98 Å². The summed E-state index contributed by atoms with van der Waals surface area (Å²) >= 11 is 2.92. The van der Waals surface area contributed by atoms with E-state index in [9.17, 15) is 4.79 Å². The maximum Gasteiger partial charge on any atom is 0.227 e. The molecule has 1 aliphatic carbocycles. The quantitative estimate of drug-likeness (QED) is 0.471. The van der Waals surface area contributed by atoms with E-state index in [1.54, 1.807) is 11.3 Å². The smallest absolute Gasteiger partial charge is 0.227 e. The monoisotopic (exact) mass is 394 g/mol. The zero-order valence-corrected chi connectivity index (χ0v) is 16.6. The van der Waals surface area contributed by atoms with Gasteiger partial charge in [-0.15, -0.1) is 21.5 Å². The van der Waals surface area contributed by atoms with Gasteiger partial charge in [-0.2, -0.15) is 0 Å². The van der Waals surface area contributed by atoms with Crippen molar-refractivity contribution in [2.45, 2.75) is 44.2 Å². The van der Waals surface area contributed by atoms with Gasteiger partial charge >= 0.3 is 0 Å². The number of aryl methyl sites for hydroxylation is 3. The van der Waals surface area contributed by atoms with Gasteiger partial charge in [-0.25, -0.2) is 4.98 Å². The van der Waals surface area contributed by atoms with Crippen LogP contribution < -0.4 is 0 Å². The highest BCUT2D eigenvalue weighted by molar-refractivity contribution is 8.14. The van der Waals surface area contributed by atoms with Crippen LogP contribution in [0, 0.1) is 0 Å². The molecule has 5 nitrogen and oxygen atoms in total. The summed E-state index contributed by atoms with van der Waals surface area (Å²) in [6.45, 7) is 2.08. The molecule has 0 N–H and O–H groups in total. The van der Waals surface area contributed by atoms with Gasteiger partial charge < -0.3 is 0 Å². The summed E-state index contributed by atoms with van der Waals surface area (Å²) in [5, 5.41) is 10.6. The molecule has 0 unspecified atom stereocenters. The van der Waals surface area contributed by atoms with Crippen molar-refractivity contribution in [3.63, 3.8) is 0 Å². The predicted molar refractivity (Wildman–Crippen MR) is 109 cm³/mol. The number of fused-ring (bicyclic) bond motifs is 5. The fourth-order valence-electron chi connectivity index (χ4n) is 3.71. The van der Waals surface area contributed by atoms with Crippen LogP contribution in [0.1, 0.15) is 46.4 Å². The summed E-state index contributed by atoms with van der Waals surface area (Å²) < 4.78 is 1.98. The molecule has 0 bridgehead atoms. The molecule has 0 amide bonds. The van der Waals surface area contributed by atoms with E-state index in [0.717, 1.165) is 52.7 Å². The number of hydrogen-bond acceptors (Lipinski definition) is 6. The average Bonchev–Trinajstić information content (AvgIpc) is 3.29. The minimum Gasteiger partial charge on any atom is -0.281 e. The van der Waals surface area contributed by atoms with Crippen LogP contribution in [0.4, 0.5) is 0 Å². The number of rotatable bonds is 3. The lowest BCUT2D eigenvalue weighted by Gasteiger charge is -2.10. The van der Waals surface area contributed by atoms with Crippen molar-refractivity contribution >= 4 is 44.1 Å². The molecule has 3 heterocycles. The summed E-state index contributed by atoms with van der Waals surface area (Å²) in [7, 11) is 0. The lowest BCUT2D eigenvalue weighted by atomic mass is 9.97. The lowest BCUT2D eigenvalue weighted by Crippen LogP contribution is -2.04. The number of hydrogen-bond donors (Lipinski definition) is 0. The third-order valence-corrected chi connectivity index (χ3v) is 7.06. The van der Waals surface area contributed by atoms with Crippen molar-refractivity contribution in [1.82, 2.24) is 19.6 Å². The normalized spacial score (nSPS) is 14.0. The molecular formula is C20H18N4OS2. The first-order chi connectivity index (χ1) is 13.3. The molecule has 1 aromatic carbocycles. The zero-order valence-electron chi connectivity index (χ0n) is 14.9. The highest BCUT2D eigenvalue weighted by Gasteiger charge is 2.24. The van der Waals surface area contributed by atoms with Crippen LogP contribution in [0.25, 0.3) is 15.9 Å². The van der Waals surface area contributed by atoms with Crippen LogP contribution in [-0.2, 0) is 19.3 Å². The van der Waals surface area contributed by atoms with E-state index in [1.807, 2.05) is 34.7 Å². The van der Waals surface area contributed by atoms with Crippen LogP contribution in [0.15, 0.2) is 35.5 Å². The molecule has 4 aromatic rings. The number of carbonyl (C=O) groups excluding carboxylic acids is 1. The fraction of sp³-hybridized carbons (Fsp3) is 0.300. The topological polar surface area (TPSA) is 60.2 Å². The van der Waals surface area contributed by atoms with Crippen molar-refractivity contribution in [1.29, 1.82) is 0 Å². The molecule has 3 aromatic heterocycles. The molecule has 0 saturated heterocycles. The Morgan fingerprint density at radius 1 is 1.19 bits per heavy atom. The highest BCUT2D eigenvalue weighted by atomic mass is 32.2. The van der Waals surface area contributed by atoms with E-state index in [1.165, 1.54) is 23.3 Å². The van der Waals surface area contributed by atoms with Crippen LogP contribution in [-0.4, -0.2) is 24.7 Å². The number of thiophene rings is 1. The Balaban J connectivity index is 1.67. The minimum absolute atomic E-state index is 0.0283. The summed E-state index contributed by atoms with van der Waals surface area (Å²) in [6, 6.07) is 9.30. The number of carbonyl (C=O) groups is 1. The summed E-state index contributed by atoms with van der Waals surface area (Å²) in [5.74, 6) is 0.907. The first kappa shape index (κ1) is 16.9. The third kappa shape index (κ3) is 2.76. The maximum absolute atomic E-state index is 12.7. The second-order valence-electron chi connectivity index (χ2n) is 6.67. The molecule has 0 radical (unpaired) electrons. The Morgan fingerprint density at radius 3 is 2.81 bits per heavy atom. The fourth-order valence-corrected chi connectivity index (χ4v) is 5.77. The Hall–Kier alpha value is -2.25. The zero-order chi connectivity index (χ0) is 18.4. The molecular weight excluding hydrogens is 376 g/mol.